The van der Waals surface area contributed by atoms with Crippen molar-refractivity contribution in [3.63, 3.8) is 0 Å². The summed E-state index contributed by atoms with van der Waals surface area (Å²) in [5.74, 6) is 7.13. The number of halogens is 3. The van der Waals surface area contributed by atoms with Crippen LogP contribution in [0.5, 0.6) is 0 Å². The molecule has 1 N–H and O–H groups in total. The molecule has 1 spiro atoms. The molecule has 0 radical (unpaired) electrons. The predicted molar refractivity (Wildman–Crippen MR) is 129 cm³/mol. The Bertz CT molecular complexity index is 1330. The summed E-state index contributed by atoms with van der Waals surface area (Å²) in [6.07, 6.45) is 3.82. The molecule has 35 heavy (non-hydrogen) atoms. The third-order valence-corrected chi connectivity index (χ3v) is 7.38. The zero-order valence-corrected chi connectivity index (χ0v) is 20.1. The average molecular weight is 480 g/mol. The highest BCUT2D eigenvalue weighted by Crippen LogP contribution is 2.58. The van der Waals surface area contributed by atoms with Crippen molar-refractivity contribution in [2.24, 2.45) is 11.3 Å². The fraction of sp³-hybridized carbons (Fsp3) is 0.444. The van der Waals surface area contributed by atoms with Crippen molar-refractivity contribution >= 4 is 16.6 Å². The van der Waals surface area contributed by atoms with Crippen molar-refractivity contribution in [3.05, 3.63) is 59.8 Å². The molecule has 1 aromatic carbocycles. The van der Waals surface area contributed by atoms with Crippen LogP contribution in [0.3, 0.4) is 0 Å². The quantitative estimate of drug-likeness (QED) is 0.459. The molecule has 5 rings (SSSR count). The third-order valence-electron chi connectivity index (χ3n) is 7.38. The maximum atomic E-state index is 13.0. The molecule has 1 atom stereocenters. The van der Waals surface area contributed by atoms with E-state index < -0.39 is 17.8 Å². The topological polar surface area (TPSA) is 55.6 Å². The van der Waals surface area contributed by atoms with Crippen LogP contribution in [0.15, 0.2) is 37.3 Å². The number of hydrogen-bond acceptors (Lipinski definition) is 4. The van der Waals surface area contributed by atoms with Crippen LogP contribution < -0.4 is 5.32 Å². The highest BCUT2D eigenvalue weighted by molar-refractivity contribution is 5.94. The second kappa shape index (κ2) is 8.40. The minimum Gasteiger partial charge on any atom is -0.382 e. The molecule has 2 aliphatic rings. The van der Waals surface area contributed by atoms with Crippen LogP contribution >= 0.6 is 0 Å². The lowest BCUT2D eigenvalue weighted by atomic mass is 9.50. The molecule has 2 saturated carbocycles. The van der Waals surface area contributed by atoms with Crippen molar-refractivity contribution in [1.82, 2.24) is 25.1 Å². The Morgan fingerprint density at radius 2 is 1.86 bits per heavy atom. The van der Waals surface area contributed by atoms with E-state index >= 15 is 0 Å². The number of nitrogens with zero attached hydrogens (tertiary/aromatic N) is 4. The largest absolute Gasteiger partial charge is 0.419 e. The maximum absolute atomic E-state index is 13.0. The molecule has 8 heteroatoms. The second-order valence-corrected chi connectivity index (χ2v) is 10.1. The smallest absolute Gasteiger partial charge is 0.382 e. The maximum Gasteiger partial charge on any atom is 0.419 e. The summed E-state index contributed by atoms with van der Waals surface area (Å²) in [6, 6.07) is 3.85. The lowest BCUT2D eigenvalue weighted by molar-refractivity contribution is -0.138. The molecule has 182 valence electrons. The number of alkyl halides is 3. The SMILES string of the molecule is C=C(NC1CC2(CC(C)C2)C1)c1ccc(C#CC)c2cnn(C(C)c3ncc(C(F)(F)F)cn3)c12. The summed E-state index contributed by atoms with van der Waals surface area (Å²) in [5, 5.41) is 9.04. The van der Waals surface area contributed by atoms with Crippen molar-refractivity contribution in [2.75, 3.05) is 0 Å². The van der Waals surface area contributed by atoms with E-state index in [0.29, 0.717) is 11.5 Å². The molecule has 2 fully saturated rings. The van der Waals surface area contributed by atoms with Gasteiger partial charge in [0, 0.05) is 40.6 Å². The van der Waals surface area contributed by atoms with Gasteiger partial charge in [0.2, 0.25) is 0 Å². The number of hydrogen-bond donors (Lipinski definition) is 1. The van der Waals surface area contributed by atoms with Crippen molar-refractivity contribution in [3.8, 4) is 11.8 Å². The van der Waals surface area contributed by atoms with Crippen LogP contribution in [-0.2, 0) is 6.18 Å². The van der Waals surface area contributed by atoms with E-state index in [1.807, 2.05) is 19.1 Å². The Kier molecular flexibility index (Phi) is 5.62. The molecule has 2 aliphatic carbocycles. The Hall–Kier alpha value is -3.34. The van der Waals surface area contributed by atoms with Crippen molar-refractivity contribution in [2.45, 2.75) is 64.7 Å². The van der Waals surface area contributed by atoms with E-state index in [1.165, 1.54) is 12.8 Å². The van der Waals surface area contributed by atoms with Gasteiger partial charge >= 0.3 is 6.18 Å². The monoisotopic (exact) mass is 479 g/mol. The average Bonchev–Trinajstić information content (AvgIpc) is 3.21. The fourth-order valence-corrected chi connectivity index (χ4v) is 5.92. The van der Waals surface area contributed by atoms with Crippen LogP contribution in [0.4, 0.5) is 13.2 Å². The Morgan fingerprint density at radius 3 is 2.46 bits per heavy atom. The van der Waals surface area contributed by atoms with Crippen LogP contribution in [0.25, 0.3) is 16.6 Å². The molecule has 0 saturated heterocycles. The molecular weight excluding hydrogens is 451 g/mol. The van der Waals surface area contributed by atoms with Gasteiger partial charge in [-0.25, -0.2) is 9.97 Å². The summed E-state index contributed by atoms with van der Waals surface area (Å²) in [5.41, 5.74) is 2.98. The van der Waals surface area contributed by atoms with E-state index in [-0.39, 0.29) is 5.82 Å². The zero-order valence-electron chi connectivity index (χ0n) is 20.1. The van der Waals surface area contributed by atoms with Gasteiger partial charge in [-0.3, -0.25) is 4.68 Å². The normalized spacial score (nSPS) is 24.3. The third kappa shape index (κ3) is 4.18. The number of fused-ring (bicyclic) bond motifs is 1. The number of nitrogens with one attached hydrogen (secondary N) is 1. The van der Waals surface area contributed by atoms with Gasteiger partial charge in [0.25, 0.3) is 0 Å². The standard InChI is InChI=1S/C27H28F3N5/c1-5-6-19-7-8-22(17(3)34-21-11-26(12-21)9-16(2)10-26)24-23(19)15-33-35(24)18(4)25-31-13-20(14-32-25)27(28,29)30/h7-8,13-16,18,21,34H,3,9-12H2,1-2,4H3. The first-order valence-electron chi connectivity index (χ1n) is 11.9. The number of benzene rings is 1. The minimum atomic E-state index is -4.48. The molecule has 3 aromatic rings. The molecule has 1 unspecified atom stereocenters. The van der Waals surface area contributed by atoms with Gasteiger partial charge in [-0.2, -0.15) is 18.3 Å². The Morgan fingerprint density at radius 1 is 1.17 bits per heavy atom. The van der Waals surface area contributed by atoms with E-state index in [2.05, 4.69) is 45.7 Å². The molecule has 5 nitrogen and oxygen atoms in total. The lowest BCUT2D eigenvalue weighted by Gasteiger charge is -2.57. The summed E-state index contributed by atoms with van der Waals surface area (Å²) in [6.45, 7) is 10.2. The van der Waals surface area contributed by atoms with E-state index in [1.54, 1.807) is 17.8 Å². The van der Waals surface area contributed by atoms with E-state index in [0.717, 1.165) is 58.9 Å². The van der Waals surface area contributed by atoms with Gasteiger partial charge in [0.15, 0.2) is 5.82 Å². The predicted octanol–water partition coefficient (Wildman–Crippen LogP) is 5.96. The fourth-order valence-electron chi connectivity index (χ4n) is 5.92. The van der Waals surface area contributed by atoms with Gasteiger partial charge in [-0.05, 0) is 63.0 Å². The summed E-state index contributed by atoms with van der Waals surface area (Å²) in [7, 11) is 0. The number of aromatic nitrogens is 4. The highest BCUT2D eigenvalue weighted by atomic mass is 19.4. The highest BCUT2D eigenvalue weighted by Gasteiger charge is 2.51. The van der Waals surface area contributed by atoms with Gasteiger partial charge in [0.05, 0.1) is 17.3 Å². The molecule has 2 aromatic heterocycles. The van der Waals surface area contributed by atoms with Crippen LogP contribution in [-0.4, -0.2) is 25.8 Å². The molecular formula is C27H28F3N5. The van der Waals surface area contributed by atoms with E-state index in [9.17, 15) is 13.2 Å². The molecule has 0 aliphatic heterocycles. The molecule has 0 bridgehead atoms. The second-order valence-electron chi connectivity index (χ2n) is 10.1. The first-order chi connectivity index (χ1) is 16.6. The van der Waals surface area contributed by atoms with Gasteiger partial charge in [-0.15, -0.1) is 5.92 Å². The Labute approximate surface area is 202 Å². The zero-order chi connectivity index (χ0) is 25.0. The molecule has 2 heterocycles. The minimum absolute atomic E-state index is 0.250. The van der Waals surface area contributed by atoms with E-state index in [4.69, 9.17) is 0 Å². The van der Waals surface area contributed by atoms with Gasteiger partial charge < -0.3 is 5.32 Å². The van der Waals surface area contributed by atoms with Crippen LogP contribution in [0.1, 0.15) is 75.0 Å². The number of rotatable bonds is 5. The lowest BCUT2D eigenvalue weighted by Crippen LogP contribution is -2.54. The van der Waals surface area contributed by atoms with Crippen LogP contribution in [0.2, 0.25) is 0 Å². The Balaban J connectivity index is 1.47. The van der Waals surface area contributed by atoms with Gasteiger partial charge in [0.1, 0.15) is 6.04 Å². The van der Waals surface area contributed by atoms with Crippen molar-refractivity contribution in [1.29, 1.82) is 0 Å². The first-order valence-corrected chi connectivity index (χ1v) is 11.9. The van der Waals surface area contributed by atoms with Gasteiger partial charge in [-0.1, -0.05) is 19.4 Å². The van der Waals surface area contributed by atoms with Crippen molar-refractivity contribution < 1.29 is 13.2 Å². The summed E-state index contributed by atoms with van der Waals surface area (Å²) in [4.78, 5) is 7.98. The molecule has 0 amide bonds. The first kappa shape index (κ1) is 23.4. The summed E-state index contributed by atoms with van der Waals surface area (Å²) < 4.78 is 40.6. The van der Waals surface area contributed by atoms with Crippen LogP contribution in [0, 0.1) is 23.2 Å². The summed E-state index contributed by atoms with van der Waals surface area (Å²) >= 11 is 0.